The highest BCUT2D eigenvalue weighted by Crippen LogP contribution is 2.22. The van der Waals surface area contributed by atoms with Gasteiger partial charge in [0.2, 0.25) is 5.91 Å². The molecule has 0 saturated carbocycles. The van der Waals surface area contributed by atoms with Gasteiger partial charge in [0, 0.05) is 17.2 Å². The summed E-state index contributed by atoms with van der Waals surface area (Å²) in [5.41, 5.74) is 0.638. The zero-order chi connectivity index (χ0) is 11.4. The normalized spacial score (nSPS) is 10.8. The molecule has 0 bridgehead atoms. The fourth-order valence-corrected chi connectivity index (χ4v) is 2.04. The zero-order valence-electron chi connectivity index (χ0n) is 8.11. The number of H-pyrrole nitrogens is 1. The van der Waals surface area contributed by atoms with Crippen molar-refractivity contribution in [3.05, 3.63) is 39.8 Å². The molecule has 2 heterocycles. The first kappa shape index (κ1) is 10.9. The monoisotopic (exact) mass is 253 g/mol. The van der Waals surface area contributed by atoms with Gasteiger partial charge in [-0.05, 0) is 18.2 Å². The van der Waals surface area contributed by atoms with Gasteiger partial charge in [-0.1, -0.05) is 11.6 Å². The minimum absolute atomic E-state index is 0.203. The standard InChI is InChI=1S/C10H8ClN3OS/c11-9-3-1-8(16-9)2-4-10(15)14-7-5-12-13-6-7/h1-6H,(H,12,13)(H,14,15)/b4-2+. The van der Waals surface area contributed by atoms with E-state index in [1.54, 1.807) is 18.3 Å². The predicted molar refractivity (Wildman–Crippen MR) is 65.6 cm³/mol. The van der Waals surface area contributed by atoms with Crippen LogP contribution in [-0.4, -0.2) is 16.1 Å². The van der Waals surface area contributed by atoms with Crippen molar-refractivity contribution in [1.29, 1.82) is 0 Å². The van der Waals surface area contributed by atoms with E-state index in [1.807, 2.05) is 6.07 Å². The lowest BCUT2D eigenvalue weighted by Gasteiger charge is -1.94. The molecule has 2 rings (SSSR count). The van der Waals surface area contributed by atoms with Crippen LogP contribution in [0.5, 0.6) is 0 Å². The van der Waals surface area contributed by atoms with Crippen molar-refractivity contribution in [3.8, 4) is 0 Å². The summed E-state index contributed by atoms with van der Waals surface area (Å²) in [5.74, 6) is -0.203. The lowest BCUT2D eigenvalue weighted by molar-refractivity contribution is -0.111. The SMILES string of the molecule is O=C(/C=C/c1ccc(Cl)s1)Nc1cn[nH]c1. The molecule has 0 atom stereocenters. The van der Waals surface area contributed by atoms with Crippen LogP contribution in [0.1, 0.15) is 4.88 Å². The molecule has 2 aromatic rings. The minimum atomic E-state index is -0.203. The lowest BCUT2D eigenvalue weighted by atomic mass is 10.4. The van der Waals surface area contributed by atoms with E-state index in [0.29, 0.717) is 10.0 Å². The van der Waals surface area contributed by atoms with Gasteiger partial charge < -0.3 is 5.32 Å². The van der Waals surface area contributed by atoms with Crippen molar-refractivity contribution in [3.63, 3.8) is 0 Å². The van der Waals surface area contributed by atoms with Gasteiger partial charge >= 0.3 is 0 Å². The van der Waals surface area contributed by atoms with Gasteiger partial charge in [0.15, 0.2) is 0 Å². The average Bonchev–Trinajstić information content (AvgIpc) is 2.87. The highest BCUT2D eigenvalue weighted by atomic mass is 35.5. The van der Waals surface area contributed by atoms with Crippen molar-refractivity contribution in [1.82, 2.24) is 10.2 Å². The van der Waals surface area contributed by atoms with E-state index in [0.717, 1.165) is 4.88 Å². The molecule has 0 spiro atoms. The Balaban J connectivity index is 1.94. The molecule has 0 aliphatic carbocycles. The number of hydrogen-bond acceptors (Lipinski definition) is 3. The first-order valence-corrected chi connectivity index (χ1v) is 5.67. The van der Waals surface area contributed by atoms with Gasteiger partial charge in [0.25, 0.3) is 0 Å². The Morgan fingerprint density at radius 3 is 3.06 bits per heavy atom. The number of carbonyl (C=O) groups excluding carboxylic acids is 1. The molecule has 2 N–H and O–H groups in total. The number of thiophene rings is 1. The third-order valence-electron chi connectivity index (χ3n) is 1.76. The summed E-state index contributed by atoms with van der Waals surface area (Å²) < 4.78 is 0.704. The van der Waals surface area contributed by atoms with Crippen LogP contribution in [0, 0.1) is 0 Å². The molecule has 0 unspecified atom stereocenters. The number of aromatic amines is 1. The van der Waals surface area contributed by atoms with Crippen LogP contribution in [0.4, 0.5) is 5.69 Å². The van der Waals surface area contributed by atoms with Crippen LogP contribution < -0.4 is 5.32 Å². The highest BCUT2D eigenvalue weighted by Gasteiger charge is 1.98. The number of halogens is 1. The van der Waals surface area contributed by atoms with E-state index < -0.39 is 0 Å². The second-order valence-electron chi connectivity index (χ2n) is 2.95. The van der Waals surface area contributed by atoms with Gasteiger partial charge in [0.05, 0.1) is 16.2 Å². The third kappa shape index (κ3) is 2.95. The number of anilines is 1. The van der Waals surface area contributed by atoms with Crippen molar-refractivity contribution < 1.29 is 4.79 Å². The van der Waals surface area contributed by atoms with Gasteiger partial charge in [0.1, 0.15) is 0 Å². The Bertz CT molecular complexity index is 504. The number of aromatic nitrogens is 2. The lowest BCUT2D eigenvalue weighted by Crippen LogP contribution is -2.06. The smallest absolute Gasteiger partial charge is 0.248 e. The predicted octanol–water partition coefficient (Wildman–Crippen LogP) is 2.78. The minimum Gasteiger partial charge on any atom is -0.320 e. The summed E-state index contributed by atoms with van der Waals surface area (Å²) in [6, 6.07) is 3.65. The number of nitrogens with one attached hydrogen (secondary N) is 2. The first-order valence-electron chi connectivity index (χ1n) is 4.47. The molecule has 4 nitrogen and oxygen atoms in total. The summed E-state index contributed by atoms with van der Waals surface area (Å²) in [4.78, 5) is 12.4. The van der Waals surface area contributed by atoms with E-state index in [4.69, 9.17) is 11.6 Å². The quantitative estimate of drug-likeness (QED) is 0.827. The third-order valence-corrected chi connectivity index (χ3v) is 2.96. The number of nitrogens with zero attached hydrogens (tertiary/aromatic N) is 1. The van der Waals surface area contributed by atoms with Crippen molar-refractivity contribution in [2.75, 3.05) is 5.32 Å². The molecule has 0 saturated heterocycles. The molecule has 0 aliphatic rings. The molecule has 6 heteroatoms. The van der Waals surface area contributed by atoms with Gasteiger partial charge in [-0.2, -0.15) is 5.10 Å². The molecule has 0 radical (unpaired) electrons. The molecule has 82 valence electrons. The summed E-state index contributed by atoms with van der Waals surface area (Å²) in [7, 11) is 0. The maximum absolute atomic E-state index is 11.4. The molecule has 16 heavy (non-hydrogen) atoms. The van der Waals surface area contributed by atoms with Crippen LogP contribution in [0.25, 0.3) is 6.08 Å². The van der Waals surface area contributed by atoms with Crippen LogP contribution in [0.3, 0.4) is 0 Å². The molecule has 0 aromatic carbocycles. The molecular weight excluding hydrogens is 246 g/mol. The van der Waals surface area contributed by atoms with Gasteiger partial charge in [-0.3, -0.25) is 9.89 Å². The van der Waals surface area contributed by atoms with E-state index in [2.05, 4.69) is 15.5 Å². The Morgan fingerprint density at radius 2 is 2.44 bits per heavy atom. The Morgan fingerprint density at radius 1 is 1.56 bits per heavy atom. The van der Waals surface area contributed by atoms with E-state index in [-0.39, 0.29) is 5.91 Å². The maximum Gasteiger partial charge on any atom is 0.248 e. The molecule has 0 fully saturated rings. The summed E-state index contributed by atoms with van der Waals surface area (Å²) in [6.45, 7) is 0. The van der Waals surface area contributed by atoms with Crippen LogP contribution in [0.2, 0.25) is 4.34 Å². The highest BCUT2D eigenvalue weighted by molar-refractivity contribution is 7.17. The number of hydrogen-bond donors (Lipinski definition) is 2. The Hall–Kier alpha value is -1.59. The number of carbonyl (C=O) groups is 1. The summed E-state index contributed by atoms with van der Waals surface area (Å²) in [5, 5.41) is 8.98. The molecule has 2 aromatic heterocycles. The number of amides is 1. The van der Waals surface area contributed by atoms with Crippen LogP contribution in [0.15, 0.2) is 30.6 Å². The van der Waals surface area contributed by atoms with Gasteiger partial charge in [-0.15, -0.1) is 11.3 Å². The van der Waals surface area contributed by atoms with Crippen molar-refractivity contribution >= 4 is 40.6 Å². The topological polar surface area (TPSA) is 57.8 Å². The average molecular weight is 254 g/mol. The fraction of sp³-hybridized carbons (Fsp3) is 0. The molecule has 0 aliphatic heterocycles. The summed E-state index contributed by atoms with van der Waals surface area (Å²) >= 11 is 7.18. The number of rotatable bonds is 3. The second-order valence-corrected chi connectivity index (χ2v) is 4.70. The Kier molecular flexibility index (Phi) is 3.38. The first-order chi connectivity index (χ1) is 7.74. The van der Waals surface area contributed by atoms with E-state index in [1.165, 1.54) is 23.6 Å². The maximum atomic E-state index is 11.4. The van der Waals surface area contributed by atoms with E-state index in [9.17, 15) is 4.79 Å². The van der Waals surface area contributed by atoms with Crippen molar-refractivity contribution in [2.24, 2.45) is 0 Å². The second kappa shape index (κ2) is 4.96. The molecular formula is C10H8ClN3OS. The van der Waals surface area contributed by atoms with E-state index >= 15 is 0 Å². The largest absolute Gasteiger partial charge is 0.320 e. The molecule has 1 amide bonds. The fourth-order valence-electron chi connectivity index (χ4n) is 1.08. The van der Waals surface area contributed by atoms with Crippen LogP contribution >= 0.6 is 22.9 Å². The Labute approximate surface area is 101 Å². The van der Waals surface area contributed by atoms with Crippen molar-refractivity contribution in [2.45, 2.75) is 0 Å². The van der Waals surface area contributed by atoms with Crippen LogP contribution in [-0.2, 0) is 4.79 Å². The van der Waals surface area contributed by atoms with Gasteiger partial charge in [-0.25, -0.2) is 0 Å². The zero-order valence-corrected chi connectivity index (χ0v) is 9.68. The summed E-state index contributed by atoms with van der Waals surface area (Å²) in [6.07, 6.45) is 6.31.